The molecule has 1 N–H and O–H groups in total. The number of aromatic nitrogens is 1. The molecule has 34 heavy (non-hydrogen) atoms. The van der Waals surface area contributed by atoms with Gasteiger partial charge >= 0.3 is 5.97 Å². The number of hydrogen-bond donors (Lipinski definition) is 1. The highest BCUT2D eigenvalue weighted by Crippen LogP contribution is 2.41. The minimum atomic E-state index is -0.755. The van der Waals surface area contributed by atoms with E-state index in [9.17, 15) is 14.0 Å². The highest BCUT2D eigenvalue weighted by Gasteiger charge is 2.26. The summed E-state index contributed by atoms with van der Waals surface area (Å²) in [5, 5.41) is 3.24. The number of hydrogen-bond acceptors (Lipinski definition) is 4. The van der Waals surface area contributed by atoms with E-state index in [2.05, 4.69) is 57.8 Å². The molecule has 9 heteroatoms. The molecule has 0 saturated heterocycles. The molecule has 0 fully saturated rings. The molecule has 4 rings (SSSR count). The van der Waals surface area contributed by atoms with Crippen molar-refractivity contribution in [3.63, 3.8) is 0 Å². The Bertz CT molecular complexity index is 1410. The van der Waals surface area contributed by atoms with Crippen LogP contribution in [0.25, 0.3) is 22.2 Å². The first-order chi connectivity index (χ1) is 16.3. The maximum atomic E-state index is 14.7. The molecule has 1 aromatic heterocycles. The standard InChI is InChI=1S/C25H16Br3FN2O3/c1-34-25(33)14-7-9-19(17(29)11-14)31-24(32)20-16-12-15(26)8-10-18(16)30-22(21(20)23(27)28)13-5-3-2-4-6-13/h2-12,23H,1H3,(H,31,32). The molecule has 0 aliphatic rings. The summed E-state index contributed by atoms with van der Waals surface area (Å²) in [5.41, 5.74) is 2.96. The Kier molecular flexibility index (Phi) is 7.45. The van der Waals surface area contributed by atoms with Crippen LogP contribution in [-0.2, 0) is 4.74 Å². The number of nitrogens with one attached hydrogen (secondary N) is 1. The smallest absolute Gasteiger partial charge is 0.337 e. The summed E-state index contributed by atoms with van der Waals surface area (Å²) in [4.78, 5) is 30.1. The number of halogens is 4. The topological polar surface area (TPSA) is 68.3 Å². The first-order valence-electron chi connectivity index (χ1n) is 9.96. The molecule has 5 nitrogen and oxygen atoms in total. The highest BCUT2D eigenvalue weighted by atomic mass is 79.9. The van der Waals surface area contributed by atoms with E-state index >= 15 is 0 Å². The van der Waals surface area contributed by atoms with Crippen LogP contribution in [0.2, 0.25) is 0 Å². The number of esters is 1. The van der Waals surface area contributed by atoms with Crippen molar-refractivity contribution in [1.29, 1.82) is 0 Å². The first kappa shape index (κ1) is 24.5. The Hall–Kier alpha value is -2.62. The third kappa shape index (κ3) is 4.92. The summed E-state index contributed by atoms with van der Waals surface area (Å²) in [5.74, 6) is -1.95. The second-order valence-electron chi connectivity index (χ2n) is 7.22. The van der Waals surface area contributed by atoms with Crippen molar-refractivity contribution >= 4 is 76.3 Å². The van der Waals surface area contributed by atoms with Crippen LogP contribution in [0.4, 0.5) is 10.1 Å². The number of carbonyl (C=O) groups is 2. The Morgan fingerprint density at radius 2 is 1.76 bits per heavy atom. The highest BCUT2D eigenvalue weighted by molar-refractivity contribution is 9.24. The molecule has 172 valence electrons. The number of benzene rings is 3. The molecule has 1 amide bonds. The summed E-state index contributed by atoms with van der Waals surface area (Å²) in [6, 6.07) is 18.7. The fourth-order valence-electron chi connectivity index (χ4n) is 3.57. The zero-order valence-corrected chi connectivity index (χ0v) is 22.4. The number of carbonyl (C=O) groups excluding carboxylic acids is 2. The molecule has 0 bridgehead atoms. The van der Waals surface area contributed by atoms with Gasteiger partial charge in [-0.1, -0.05) is 78.1 Å². The van der Waals surface area contributed by atoms with Gasteiger partial charge < -0.3 is 10.1 Å². The van der Waals surface area contributed by atoms with Crippen LogP contribution in [0, 0.1) is 5.82 Å². The van der Waals surface area contributed by atoms with Crippen molar-refractivity contribution in [2.75, 3.05) is 12.4 Å². The van der Waals surface area contributed by atoms with E-state index < -0.39 is 21.4 Å². The Balaban J connectivity index is 1.90. The Morgan fingerprint density at radius 3 is 2.41 bits per heavy atom. The van der Waals surface area contributed by atoms with Gasteiger partial charge in [-0.3, -0.25) is 4.79 Å². The van der Waals surface area contributed by atoms with Crippen molar-refractivity contribution in [1.82, 2.24) is 4.98 Å². The zero-order valence-electron chi connectivity index (χ0n) is 17.6. The van der Waals surface area contributed by atoms with Gasteiger partial charge in [0.25, 0.3) is 5.91 Å². The van der Waals surface area contributed by atoms with E-state index in [0.717, 1.165) is 16.1 Å². The fraction of sp³-hybridized carbons (Fsp3) is 0.0800. The molecule has 0 radical (unpaired) electrons. The molecule has 0 atom stereocenters. The molecule has 1 heterocycles. The van der Waals surface area contributed by atoms with E-state index in [4.69, 9.17) is 4.98 Å². The quantitative estimate of drug-likeness (QED) is 0.178. The SMILES string of the molecule is COC(=O)c1ccc(NC(=O)c2c(C(Br)Br)c(-c3ccccc3)nc3ccc(Br)cc23)c(F)c1. The predicted octanol–water partition coefficient (Wildman–Crippen LogP) is 7.63. The van der Waals surface area contributed by atoms with Crippen molar-refractivity contribution in [3.8, 4) is 11.3 Å². The van der Waals surface area contributed by atoms with E-state index in [0.29, 0.717) is 27.7 Å². The number of methoxy groups -OCH3 is 1. The van der Waals surface area contributed by atoms with E-state index in [1.807, 2.05) is 42.5 Å². The minimum Gasteiger partial charge on any atom is -0.465 e. The number of alkyl halides is 2. The maximum Gasteiger partial charge on any atom is 0.337 e. The third-order valence-electron chi connectivity index (χ3n) is 5.12. The normalized spacial score (nSPS) is 11.0. The van der Waals surface area contributed by atoms with E-state index in [1.165, 1.54) is 19.2 Å². The van der Waals surface area contributed by atoms with Gasteiger partial charge in [0.15, 0.2) is 0 Å². The number of amides is 1. The molecule has 0 saturated carbocycles. The van der Waals surface area contributed by atoms with Crippen LogP contribution >= 0.6 is 47.8 Å². The van der Waals surface area contributed by atoms with Crippen LogP contribution in [0.1, 0.15) is 30.0 Å². The van der Waals surface area contributed by atoms with Crippen LogP contribution in [0.3, 0.4) is 0 Å². The summed E-state index contributed by atoms with van der Waals surface area (Å²) < 4.78 is 19.7. The monoisotopic (exact) mass is 648 g/mol. The van der Waals surface area contributed by atoms with Crippen molar-refractivity contribution in [2.24, 2.45) is 0 Å². The molecule has 0 aliphatic carbocycles. The van der Waals surface area contributed by atoms with Crippen LogP contribution in [-0.4, -0.2) is 24.0 Å². The van der Waals surface area contributed by atoms with Crippen LogP contribution in [0.5, 0.6) is 0 Å². The Labute approximate surface area is 220 Å². The summed E-state index contributed by atoms with van der Waals surface area (Å²) in [7, 11) is 1.21. The van der Waals surface area contributed by atoms with Gasteiger partial charge in [0, 0.05) is 21.0 Å². The lowest BCUT2D eigenvalue weighted by Crippen LogP contribution is -2.17. The van der Waals surface area contributed by atoms with Gasteiger partial charge in [-0.05, 0) is 36.4 Å². The largest absolute Gasteiger partial charge is 0.465 e. The van der Waals surface area contributed by atoms with E-state index in [-0.39, 0.29) is 11.3 Å². The first-order valence-corrected chi connectivity index (χ1v) is 12.6. The third-order valence-corrected chi connectivity index (χ3v) is 6.52. The second-order valence-corrected chi connectivity index (χ2v) is 11.2. The lowest BCUT2D eigenvalue weighted by Gasteiger charge is -2.19. The van der Waals surface area contributed by atoms with E-state index in [1.54, 1.807) is 6.07 Å². The summed E-state index contributed by atoms with van der Waals surface area (Å²) in [6.45, 7) is 0. The van der Waals surface area contributed by atoms with Gasteiger partial charge in [0.05, 0.1) is 38.9 Å². The molecule has 0 unspecified atom stereocenters. The fourth-order valence-corrected chi connectivity index (χ4v) is 4.82. The molecular weight excluding hydrogens is 635 g/mol. The molecular formula is C25H16Br3FN2O3. The second kappa shape index (κ2) is 10.3. The number of anilines is 1. The van der Waals surface area contributed by atoms with Gasteiger partial charge in [-0.25, -0.2) is 14.2 Å². The van der Waals surface area contributed by atoms with Crippen LogP contribution < -0.4 is 5.32 Å². The van der Waals surface area contributed by atoms with Gasteiger partial charge in [0.2, 0.25) is 0 Å². The summed E-state index contributed by atoms with van der Waals surface area (Å²) >= 11 is 10.6. The average molecular weight is 651 g/mol. The van der Waals surface area contributed by atoms with Gasteiger partial charge in [-0.15, -0.1) is 0 Å². The number of pyridine rings is 1. The maximum absolute atomic E-state index is 14.7. The van der Waals surface area contributed by atoms with Crippen LogP contribution in [0.15, 0.2) is 71.2 Å². The zero-order chi connectivity index (χ0) is 24.4. The predicted molar refractivity (Wildman–Crippen MR) is 141 cm³/mol. The van der Waals surface area contributed by atoms with Gasteiger partial charge in [0.1, 0.15) is 5.82 Å². The molecule has 4 aromatic rings. The molecule has 0 aliphatic heterocycles. The number of fused-ring (bicyclic) bond motifs is 1. The number of rotatable bonds is 5. The van der Waals surface area contributed by atoms with Crippen molar-refractivity contribution in [3.05, 3.63) is 93.7 Å². The van der Waals surface area contributed by atoms with Gasteiger partial charge in [-0.2, -0.15) is 0 Å². The summed E-state index contributed by atoms with van der Waals surface area (Å²) in [6.07, 6.45) is 0. The van der Waals surface area contributed by atoms with Crippen molar-refractivity contribution < 1.29 is 18.7 Å². The minimum absolute atomic E-state index is 0.0457. The van der Waals surface area contributed by atoms with Crippen molar-refractivity contribution in [2.45, 2.75) is 3.74 Å². The number of ether oxygens (including phenoxy) is 1. The lowest BCUT2D eigenvalue weighted by molar-refractivity contribution is 0.0600. The molecule has 3 aromatic carbocycles. The average Bonchev–Trinajstić information content (AvgIpc) is 2.83. The number of nitrogens with zero attached hydrogens (tertiary/aromatic N) is 1. The molecule has 0 spiro atoms. The lowest BCUT2D eigenvalue weighted by atomic mass is 9.97. The Morgan fingerprint density at radius 1 is 1.03 bits per heavy atom.